The predicted molar refractivity (Wildman–Crippen MR) is 53.2 cm³/mol. The van der Waals surface area contributed by atoms with Gasteiger partial charge >= 0.3 is 6.01 Å². The summed E-state index contributed by atoms with van der Waals surface area (Å²) in [7, 11) is 0. The SMILES string of the molecule is CC(C)(N)C(=O)Nc1nnc(C2CC2)o1. The van der Waals surface area contributed by atoms with Crippen LogP contribution in [0.4, 0.5) is 6.01 Å². The van der Waals surface area contributed by atoms with E-state index in [4.69, 9.17) is 10.2 Å². The van der Waals surface area contributed by atoms with Gasteiger partial charge in [0.15, 0.2) is 0 Å². The molecule has 1 saturated carbocycles. The summed E-state index contributed by atoms with van der Waals surface area (Å²) in [6.45, 7) is 3.22. The summed E-state index contributed by atoms with van der Waals surface area (Å²) in [5.41, 5.74) is 4.65. The third kappa shape index (κ3) is 2.33. The largest absolute Gasteiger partial charge is 0.408 e. The van der Waals surface area contributed by atoms with Crippen molar-refractivity contribution in [2.75, 3.05) is 5.32 Å². The normalized spacial score (nSPS) is 16.5. The molecule has 1 heterocycles. The Morgan fingerprint density at radius 1 is 1.53 bits per heavy atom. The number of anilines is 1. The van der Waals surface area contributed by atoms with Gasteiger partial charge in [0.05, 0.1) is 5.54 Å². The number of carbonyl (C=O) groups is 1. The maximum absolute atomic E-state index is 11.5. The molecule has 1 aromatic rings. The summed E-state index contributed by atoms with van der Waals surface area (Å²) in [6.07, 6.45) is 2.16. The van der Waals surface area contributed by atoms with Crippen molar-refractivity contribution in [3.8, 4) is 0 Å². The van der Waals surface area contributed by atoms with Crippen molar-refractivity contribution in [1.82, 2.24) is 10.2 Å². The van der Waals surface area contributed by atoms with Crippen LogP contribution in [0.5, 0.6) is 0 Å². The van der Waals surface area contributed by atoms with Crippen LogP contribution in [0.3, 0.4) is 0 Å². The monoisotopic (exact) mass is 210 g/mol. The van der Waals surface area contributed by atoms with Gasteiger partial charge in [0.25, 0.3) is 0 Å². The van der Waals surface area contributed by atoms with Gasteiger partial charge in [-0.25, -0.2) is 0 Å². The Kier molecular flexibility index (Phi) is 2.22. The van der Waals surface area contributed by atoms with E-state index in [-0.39, 0.29) is 11.9 Å². The highest BCUT2D eigenvalue weighted by Gasteiger charge is 2.30. The van der Waals surface area contributed by atoms with E-state index in [9.17, 15) is 4.79 Å². The number of nitrogens with two attached hydrogens (primary N) is 1. The summed E-state index contributed by atoms with van der Waals surface area (Å²) < 4.78 is 5.26. The quantitative estimate of drug-likeness (QED) is 0.762. The molecule has 3 N–H and O–H groups in total. The lowest BCUT2D eigenvalue weighted by molar-refractivity contribution is -0.120. The van der Waals surface area contributed by atoms with Crippen LogP contribution in [0.25, 0.3) is 0 Å². The molecule has 1 aromatic heterocycles. The maximum atomic E-state index is 11.5. The molecule has 82 valence electrons. The van der Waals surface area contributed by atoms with Crippen molar-refractivity contribution in [1.29, 1.82) is 0 Å². The van der Waals surface area contributed by atoms with Crippen molar-refractivity contribution >= 4 is 11.9 Å². The Hall–Kier alpha value is -1.43. The van der Waals surface area contributed by atoms with Crippen LogP contribution in [0, 0.1) is 0 Å². The second-order valence-electron chi connectivity index (χ2n) is 4.40. The fourth-order valence-corrected chi connectivity index (χ4v) is 1.04. The van der Waals surface area contributed by atoms with Gasteiger partial charge in [-0.2, -0.15) is 0 Å². The molecule has 1 amide bonds. The van der Waals surface area contributed by atoms with Crippen LogP contribution in [-0.2, 0) is 4.79 Å². The van der Waals surface area contributed by atoms with Gasteiger partial charge in [0, 0.05) is 5.92 Å². The molecule has 0 aliphatic heterocycles. The van der Waals surface area contributed by atoms with E-state index in [2.05, 4.69) is 15.5 Å². The fraction of sp³-hybridized carbons (Fsp3) is 0.667. The molecular weight excluding hydrogens is 196 g/mol. The summed E-state index contributed by atoms with van der Waals surface area (Å²) in [5.74, 6) is 0.641. The topological polar surface area (TPSA) is 94.0 Å². The minimum atomic E-state index is -0.950. The first-order valence-corrected chi connectivity index (χ1v) is 4.90. The highest BCUT2D eigenvalue weighted by molar-refractivity contribution is 5.95. The van der Waals surface area contributed by atoms with Crippen molar-refractivity contribution in [3.63, 3.8) is 0 Å². The zero-order valence-electron chi connectivity index (χ0n) is 8.78. The van der Waals surface area contributed by atoms with Crippen molar-refractivity contribution in [3.05, 3.63) is 5.89 Å². The Balaban J connectivity index is 2.01. The molecule has 0 aromatic carbocycles. The number of hydrogen-bond acceptors (Lipinski definition) is 5. The van der Waals surface area contributed by atoms with E-state index >= 15 is 0 Å². The van der Waals surface area contributed by atoms with Gasteiger partial charge in [-0.3, -0.25) is 10.1 Å². The minimum absolute atomic E-state index is 0.125. The number of amides is 1. The van der Waals surface area contributed by atoms with Crippen LogP contribution in [0.1, 0.15) is 38.5 Å². The highest BCUT2D eigenvalue weighted by Crippen LogP contribution is 2.39. The van der Waals surface area contributed by atoms with Crippen LogP contribution in [0.2, 0.25) is 0 Å². The molecule has 0 spiro atoms. The van der Waals surface area contributed by atoms with E-state index in [0.29, 0.717) is 11.8 Å². The predicted octanol–water partition coefficient (Wildman–Crippen LogP) is 0.623. The summed E-state index contributed by atoms with van der Waals surface area (Å²) in [5, 5.41) is 10.0. The first-order chi connectivity index (χ1) is 6.97. The van der Waals surface area contributed by atoms with Gasteiger partial charge in [0.1, 0.15) is 0 Å². The smallest absolute Gasteiger partial charge is 0.322 e. The maximum Gasteiger partial charge on any atom is 0.322 e. The molecular formula is C9H14N4O2. The van der Waals surface area contributed by atoms with E-state index in [1.165, 1.54) is 0 Å². The fourth-order valence-electron chi connectivity index (χ4n) is 1.04. The molecule has 6 nitrogen and oxygen atoms in total. The van der Waals surface area contributed by atoms with Crippen LogP contribution >= 0.6 is 0 Å². The molecule has 1 aliphatic carbocycles. The average Bonchev–Trinajstić information content (AvgIpc) is 2.87. The number of nitrogens with zero attached hydrogens (tertiary/aromatic N) is 2. The molecule has 0 atom stereocenters. The Bertz CT molecular complexity index is 376. The summed E-state index contributed by atoms with van der Waals surface area (Å²) in [6, 6.07) is 0.125. The number of nitrogens with one attached hydrogen (secondary N) is 1. The first-order valence-electron chi connectivity index (χ1n) is 4.90. The number of carbonyl (C=O) groups excluding carboxylic acids is 1. The molecule has 1 aliphatic rings. The Morgan fingerprint density at radius 3 is 2.73 bits per heavy atom. The second-order valence-corrected chi connectivity index (χ2v) is 4.40. The van der Waals surface area contributed by atoms with Crippen molar-refractivity contribution in [2.24, 2.45) is 5.73 Å². The molecule has 1 fully saturated rings. The van der Waals surface area contributed by atoms with Crippen molar-refractivity contribution < 1.29 is 9.21 Å². The lowest BCUT2D eigenvalue weighted by atomic mass is 10.1. The second kappa shape index (κ2) is 3.30. The van der Waals surface area contributed by atoms with E-state index < -0.39 is 5.54 Å². The summed E-state index contributed by atoms with van der Waals surface area (Å²) >= 11 is 0. The molecule has 0 radical (unpaired) electrons. The zero-order valence-corrected chi connectivity index (χ0v) is 8.78. The Labute approximate surface area is 87.2 Å². The zero-order chi connectivity index (χ0) is 11.1. The molecule has 0 bridgehead atoms. The van der Waals surface area contributed by atoms with Crippen LogP contribution in [0.15, 0.2) is 4.42 Å². The number of rotatable bonds is 3. The van der Waals surface area contributed by atoms with Crippen molar-refractivity contribution in [2.45, 2.75) is 38.1 Å². The lowest BCUT2D eigenvalue weighted by Gasteiger charge is -2.15. The van der Waals surface area contributed by atoms with Gasteiger partial charge < -0.3 is 10.2 Å². The van der Waals surface area contributed by atoms with E-state index in [1.807, 2.05) is 0 Å². The van der Waals surface area contributed by atoms with Gasteiger partial charge in [-0.05, 0) is 26.7 Å². The number of aromatic nitrogens is 2. The molecule has 2 rings (SSSR count). The third-order valence-corrected chi connectivity index (χ3v) is 2.17. The average molecular weight is 210 g/mol. The van der Waals surface area contributed by atoms with Crippen LogP contribution < -0.4 is 11.1 Å². The van der Waals surface area contributed by atoms with Gasteiger partial charge in [-0.1, -0.05) is 5.10 Å². The molecule has 0 unspecified atom stereocenters. The van der Waals surface area contributed by atoms with E-state index in [0.717, 1.165) is 12.8 Å². The first kappa shape index (κ1) is 10.1. The lowest BCUT2D eigenvalue weighted by Crippen LogP contribution is -2.45. The van der Waals surface area contributed by atoms with Crippen LogP contribution in [-0.4, -0.2) is 21.6 Å². The highest BCUT2D eigenvalue weighted by atomic mass is 16.4. The third-order valence-electron chi connectivity index (χ3n) is 2.17. The Morgan fingerprint density at radius 2 is 2.20 bits per heavy atom. The number of hydrogen-bond donors (Lipinski definition) is 2. The van der Waals surface area contributed by atoms with Gasteiger partial charge in [0.2, 0.25) is 11.8 Å². The molecule has 6 heteroatoms. The van der Waals surface area contributed by atoms with Gasteiger partial charge in [-0.15, -0.1) is 5.10 Å². The standard InChI is InChI=1S/C9H14N4O2/c1-9(2,10)7(14)11-8-13-12-6(15-8)5-3-4-5/h5H,3-4,10H2,1-2H3,(H,11,13,14). The molecule has 0 saturated heterocycles. The van der Waals surface area contributed by atoms with E-state index in [1.54, 1.807) is 13.8 Å². The minimum Gasteiger partial charge on any atom is -0.408 e. The molecule has 15 heavy (non-hydrogen) atoms. The summed E-state index contributed by atoms with van der Waals surface area (Å²) in [4.78, 5) is 11.5.